The van der Waals surface area contributed by atoms with Crippen LogP contribution < -0.4 is 4.57 Å². The van der Waals surface area contributed by atoms with Crippen LogP contribution in [-0.4, -0.2) is 4.98 Å². The summed E-state index contributed by atoms with van der Waals surface area (Å²) in [6.07, 6.45) is 10.8. The molecule has 0 radical (unpaired) electrons. The summed E-state index contributed by atoms with van der Waals surface area (Å²) in [6.45, 7) is 21.5. The second-order valence-electron chi connectivity index (χ2n) is 6.14. The van der Waals surface area contributed by atoms with E-state index in [9.17, 15) is 0 Å². The van der Waals surface area contributed by atoms with Crippen LogP contribution in [-0.2, 0) is 0 Å². The first kappa shape index (κ1) is 27.1. The number of aromatic nitrogens is 2. The van der Waals surface area contributed by atoms with E-state index in [-0.39, 0.29) is 0 Å². The number of benzene rings is 2. The van der Waals surface area contributed by atoms with Crippen molar-refractivity contribution < 1.29 is 4.57 Å². The zero-order valence-corrected chi connectivity index (χ0v) is 20.5. The van der Waals surface area contributed by atoms with Crippen molar-refractivity contribution in [2.75, 3.05) is 0 Å². The van der Waals surface area contributed by atoms with Crippen LogP contribution in [0, 0.1) is 0 Å². The van der Waals surface area contributed by atoms with Crippen molar-refractivity contribution in [2.45, 2.75) is 34.6 Å². The molecule has 1 heterocycles. The van der Waals surface area contributed by atoms with Crippen molar-refractivity contribution >= 4 is 28.9 Å². The molecule has 0 spiro atoms. The van der Waals surface area contributed by atoms with Gasteiger partial charge in [-0.2, -0.15) is 10.2 Å². The molecule has 0 saturated carbocycles. The van der Waals surface area contributed by atoms with Crippen molar-refractivity contribution in [3.8, 4) is 5.69 Å². The normalized spacial score (nSPS) is 10.9. The number of fused-ring (bicyclic) bond motifs is 1. The zero-order valence-electron chi connectivity index (χ0n) is 20.5. The van der Waals surface area contributed by atoms with Crippen LogP contribution >= 0.6 is 0 Å². The maximum atomic E-state index is 4.73. The minimum absolute atomic E-state index is 0.733. The van der Waals surface area contributed by atoms with Crippen LogP contribution in [0.3, 0.4) is 0 Å². The van der Waals surface area contributed by atoms with Crippen molar-refractivity contribution in [1.82, 2.24) is 4.98 Å². The molecule has 3 rings (SSSR count). The van der Waals surface area contributed by atoms with Crippen molar-refractivity contribution in [3.63, 3.8) is 0 Å². The van der Waals surface area contributed by atoms with Crippen LogP contribution in [0.2, 0.25) is 0 Å². The first-order valence-corrected chi connectivity index (χ1v) is 11.3. The third-order valence-corrected chi connectivity index (χ3v) is 4.33. The molecule has 3 aromatic rings. The van der Waals surface area contributed by atoms with Crippen molar-refractivity contribution in [2.24, 2.45) is 10.2 Å². The molecule has 0 atom stereocenters. The molecule has 1 aromatic heterocycles. The molecule has 0 amide bonds. The average molecular weight is 440 g/mol. The Hall–Kier alpha value is -3.92. The molecule has 0 saturated heterocycles. The maximum Gasteiger partial charge on any atom is 0.239 e. The van der Waals surface area contributed by atoms with E-state index in [4.69, 9.17) is 4.98 Å². The van der Waals surface area contributed by atoms with Gasteiger partial charge in [-0.1, -0.05) is 83.9 Å². The predicted molar refractivity (Wildman–Crippen MR) is 144 cm³/mol. The lowest BCUT2D eigenvalue weighted by molar-refractivity contribution is -0.569. The molecule has 0 fully saturated rings. The molecule has 0 bridgehead atoms. The monoisotopic (exact) mass is 439 g/mol. The van der Waals surface area contributed by atoms with Gasteiger partial charge in [-0.3, -0.25) is 0 Å². The fraction of sp³-hybridized carbons (Fsp3) is 0.172. The lowest BCUT2D eigenvalue weighted by Crippen LogP contribution is -2.36. The molecule has 0 aliphatic rings. The van der Waals surface area contributed by atoms with E-state index in [1.807, 2.05) is 101 Å². The lowest BCUT2D eigenvalue weighted by Gasteiger charge is -2.07. The Balaban J connectivity index is 0.00000129. The summed E-state index contributed by atoms with van der Waals surface area (Å²) in [7, 11) is 0. The first-order valence-electron chi connectivity index (χ1n) is 11.3. The summed E-state index contributed by atoms with van der Waals surface area (Å²) < 4.78 is 2.11. The second-order valence-corrected chi connectivity index (χ2v) is 6.14. The van der Waals surface area contributed by atoms with Crippen molar-refractivity contribution in [1.29, 1.82) is 0 Å². The number of hydrogen-bond donors (Lipinski definition) is 0. The summed E-state index contributed by atoms with van der Waals surface area (Å²) in [5.74, 6) is 0. The Bertz CT molecular complexity index is 1150. The van der Waals surface area contributed by atoms with Gasteiger partial charge in [-0.05, 0) is 31.2 Å². The largest absolute Gasteiger partial charge is 0.239 e. The fourth-order valence-electron chi connectivity index (χ4n) is 2.95. The molecule has 4 nitrogen and oxygen atoms in total. The quantitative estimate of drug-likeness (QED) is 0.206. The third-order valence-electron chi connectivity index (χ3n) is 4.33. The van der Waals surface area contributed by atoms with E-state index in [2.05, 4.69) is 34.5 Å². The third kappa shape index (κ3) is 7.04. The zero-order chi connectivity index (χ0) is 24.6. The highest BCUT2D eigenvalue weighted by atomic mass is 15.1. The highest BCUT2D eigenvalue weighted by molar-refractivity contribution is 5.77. The number of azo groups is 1. The molecular formula is C29H35N4+. The summed E-state index contributed by atoms with van der Waals surface area (Å²) in [5.41, 5.74) is 5.90. The van der Waals surface area contributed by atoms with E-state index in [1.165, 1.54) is 0 Å². The predicted octanol–water partition coefficient (Wildman–Crippen LogP) is 8.58. The SMILES string of the molecule is C=C/C=C\C(=C/C)N=Nc1ccc2nc(C=C)c(C=C)[n+](-c3ccccc3)c2c1.CC.CC. The fourth-order valence-corrected chi connectivity index (χ4v) is 2.95. The second kappa shape index (κ2) is 15.0. The van der Waals surface area contributed by atoms with E-state index in [1.54, 1.807) is 18.2 Å². The van der Waals surface area contributed by atoms with Crippen molar-refractivity contribution in [3.05, 3.63) is 110 Å². The molecule has 2 aromatic carbocycles. The maximum absolute atomic E-state index is 4.73. The topological polar surface area (TPSA) is 41.5 Å². The van der Waals surface area contributed by atoms with Gasteiger partial charge in [0, 0.05) is 24.3 Å². The van der Waals surface area contributed by atoms with Gasteiger partial charge in [0.05, 0.1) is 11.4 Å². The van der Waals surface area contributed by atoms with Gasteiger partial charge in [0.1, 0.15) is 11.2 Å². The summed E-state index contributed by atoms with van der Waals surface area (Å²) in [6, 6.07) is 15.9. The van der Waals surface area contributed by atoms with E-state index >= 15 is 0 Å². The van der Waals surface area contributed by atoms with Gasteiger partial charge < -0.3 is 0 Å². The average Bonchev–Trinajstić information content (AvgIpc) is 2.90. The lowest BCUT2D eigenvalue weighted by atomic mass is 10.2. The standard InChI is InChI=1S/C25H23N4.2C2H6/c1-5-9-13-19(6-2)27-28-20-16-17-23-25(18-20)29(21-14-11-10-12-15-21)24(8-4)22(7-3)26-23;2*1-2/h5-18H,1,3-4H2,2H3;2*1-2H3/q+1;;/b13-9-,19-6+;;. The number of allylic oxidation sites excluding steroid dienone is 4. The molecular weight excluding hydrogens is 404 g/mol. The summed E-state index contributed by atoms with van der Waals surface area (Å²) in [4.78, 5) is 4.73. The van der Waals surface area contributed by atoms with Crippen LogP contribution in [0.4, 0.5) is 5.69 Å². The van der Waals surface area contributed by atoms with Crippen LogP contribution in [0.25, 0.3) is 28.9 Å². The highest BCUT2D eigenvalue weighted by Crippen LogP contribution is 2.22. The van der Waals surface area contributed by atoms with Gasteiger partial charge in [0.15, 0.2) is 0 Å². The van der Waals surface area contributed by atoms with Gasteiger partial charge in [0.25, 0.3) is 0 Å². The Kier molecular flexibility index (Phi) is 12.3. The molecule has 4 heteroatoms. The molecule has 0 aliphatic carbocycles. The molecule has 170 valence electrons. The summed E-state index contributed by atoms with van der Waals surface area (Å²) in [5, 5.41) is 8.72. The van der Waals surface area contributed by atoms with Gasteiger partial charge >= 0.3 is 0 Å². The Morgan fingerprint density at radius 1 is 0.939 bits per heavy atom. The number of rotatable bonds is 7. The molecule has 33 heavy (non-hydrogen) atoms. The number of nitrogens with zero attached hydrogens (tertiary/aromatic N) is 4. The van der Waals surface area contributed by atoms with Gasteiger partial charge in [-0.15, -0.1) is 4.57 Å². The van der Waals surface area contributed by atoms with Crippen LogP contribution in [0.1, 0.15) is 46.0 Å². The van der Waals surface area contributed by atoms with Gasteiger partial charge in [-0.25, -0.2) is 4.98 Å². The van der Waals surface area contributed by atoms with Gasteiger partial charge in [0.2, 0.25) is 16.9 Å². The number of hydrogen-bond acceptors (Lipinski definition) is 3. The Morgan fingerprint density at radius 2 is 1.64 bits per heavy atom. The highest BCUT2D eigenvalue weighted by Gasteiger charge is 2.21. The molecule has 0 unspecified atom stereocenters. The minimum Gasteiger partial charge on any atom is -0.235 e. The van der Waals surface area contributed by atoms with Crippen LogP contribution in [0.15, 0.2) is 108 Å². The number of para-hydroxylation sites is 1. The van der Waals surface area contributed by atoms with Crippen LogP contribution in [0.5, 0.6) is 0 Å². The molecule has 0 aliphatic heterocycles. The van der Waals surface area contributed by atoms with E-state index in [0.717, 1.165) is 39.5 Å². The Morgan fingerprint density at radius 3 is 2.21 bits per heavy atom. The van der Waals surface area contributed by atoms with E-state index < -0.39 is 0 Å². The van der Waals surface area contributed by atoms with E-state index in [0.29, 0.717) is 0 Å². The first-order chi connectivity index (χ1) is 16.2. The Labute approximate surface area is 198 Å². The minimum atomic E-state index is 0.733. The molecule has 0 N–H and O–H groups in total. The summed E-state index contributed by atoms with van der Waals surface area (Å²) >= 11 is 0. The smallest absolute Gasteiger partial charge is 0.235 e.